The van der Waals surface area contributed by atoms with Crippen LogP contribution in [0.2, 0.25) is 0 Å². The Bertz CT molecular complexity index is 887. The minimum absolute atomic E-state index is 0.101. The number of carboxylic acid groups (broad SMARTS) is 1. The lowest BCUT2D eigenvalue weighted by atomic mass is 9.54. The molecule has 4 bridgehead atoms. The topological polar surface area (TPSA) is 93.5 Å². The monoisotopic (exact) mass is 455 g/mol. The molecule has 6 rings (SSSR count). The Labute approximate surface area is 196 Å². The van der Waals surface area contributed by atoms with E-state index < -0.39 is 5.97 Å². The molecule has 33 heavy (non-hydrogen) atoms. The van der Waals surface area contributed by atoms with Crippen molar-refractivity contribution in [3.05, 3.63) is 23.4 Å². The van der Waals surface area contributed by atoms with Gasteiger partial charge in [0.2, 0.25) is 5.88 Å². The number of rotatable bonds is 8. The number of aliphatic carboxylic acids is 1. The summed E-state index contributed by atoms with van der Waals surface area (Å²) in [7, 11) is 0. The van der Waals surface area contributed by atoms with Crippen molar-refractivity contribution in [1.82, 2.24) is 15.1 Å². The van der Waals surface area contributed by atoms with Crippen molar-refractivity contribution in [3.63, 3.8) is 0 Å². The summed E-state index contributed by atoms with van der Waals surface area (Å²) in [4.78, 5) is 24.6. The van der Waals surface area contributed by atoms with E-state index in [2.05, 4.69) is 10.4 Å². The van der Waals surface area contributed by atoms with Crippen LogP contribution in [0.15, 0.2) is 17.8 Å². The molecule has 0 saturated heterocycles. The molecule has 0 spiro atoms. The average molecular weight is 456 g/mol. The van der Waals surface area contributed by atoms with Crippen molar-refractivity contribution < 1.29 is 19.4 Å². The lowest BCUT2D eigenvalue weighted by Crippen LogP contribution is -2.55. The van der Waals surface area contributed by atoms with Crippen LogP contribution >= 0.6 is 0 Å². The molecular formula is C26H37N3O4. The first kappa shape index (κ1) is 22.5. The second-order valence-electron chi connectivity index (χ2n) is 11.0. The largest absolute Gasteiger partial charge is 0.478 e. The Hall–Kier alpha value is -2.31. The summed E-state index contributed by atoms with van der Waals surface area (Å²) < 4.78 is 7.86. The number of carbonyl (C=O) groups is 2. The lowest BCUT2D eigenvalue weighted by Gasteiger charge is -2.54. The van der Waals surface area contributed by atoms with Gasteiger partial charge >= 0.3 is 5.97 Å². The number of ether oxygens (including phenoxy) is 1. The molecule has 0 aliphatic heterocycles. The maximum absolute atomic E-state index is 13.4. The first-order valence-corrected chi connectivity index (χ1v) is 12.9. The molecule has 1 aromatic heterocycles. The molecule has 1 heterocycles. The van der Waals surface area contributed by atoms with Gasteiger partial charge in [-0.1, -0.05) is 25.3 Å². The fourth-order valence-electron chi connectivity index (χ4n) is 7.06. The maximum atomic E-state index is 13.4. The molecule has 7 nitrogen and oxygen atoms in total. The third-order valence-electron chi connectivity index (χ3n) is 8.65. The molecule has 0 unspecified atom stereocenters. The Balaban J connectivity index is 1.32. The van der Waals surface area contributed by atoms with E-state index in [1.165, 1.54) is 51.4 Å². The zero-order valence-electron chi connectivity index (χ0n) is 19.7. The molecule has 5 aliphatic carbocycles. The van der Waals surface area contributed by atoms with E-state index in [4.69, 9.17) is 4.74 Å². The Kier molecular flexibility index (Phi) is 6.48. The summed E-state index contributed by atoms with van der Waals surface area (Å²) >= 11 is 0. The number of amides is 1. The lowest BCUT2D eigenvalue weighted by molar-refractivity contribution is -0.132. The molecule has 5 saturated carbocycles. The van der Waals surface area contributed by atoms with Crippen LogP contribution in [0.3, 0.4) is 0 Å². The zero-order chi connectivity index (χ0) is 22.9. The van der Waals surface area contributed by atoms with E-state index in [0.29, 0.717) is 35.8 Å². The SMILES string of the molecule is CC(=CCn1ncc(C(=O)NC2C3CC4CC(C3)CC2C4)c1OCC1CCCCC1)C(=O)O. The Morgan fingerprint density at radius 1 is 1.12 bits per heavy atom. The molecule has 0 radical (unpaired) electrons. The molecular weight excluding hydrogens is 418 g/mol. The van der Waals surface area contributed by atoms with E-state index in [1.54, 1.807) is 23.9 Å². The van der Waals surface area contributed by atoms with Crippen molar-refractivity contribution in [2.24, 2.45) is 29.6 Å². The molecule has 0 atom stereocenters. The van der Waals surface area contributed by atoms with Gasteiger partial charge in [0.1, 0.15) is 5.56 Å². The number of aromatic nitrogens is 2. The van der Waals surface area contributed by atoms with Crippen molar-refractivity contribution in [3.8, 4) is 5.88 Å². The maximum Gasteiger partial charge on any atom is 0.331 e. The highest BCUT2D eigenvalue weighted by Crippen LogP contribution is 2.53. The van der Waals surface area contributed by atoms with Gasteiger partial charge < -0.3 is 15.2 Å². The number of nitrogens with one attached hydrogen (secondary N) is 1. The molecule has 5 aliphatic rings. The summed E-state index contributed by atoms with van der Waals surface area (Å²) in [6.07, 6.45) is 15.7. The smallest absolute Gasteiger partial charge is 0.331 e. The van der Waals surface area contributed by atoms with Crippen molar-refractivity contribution >= 4 is 11.9 Å². The zero-order valence-corrected chi connectivity index (χ0v) is 19.7. The van der Waals surface area contributed by atoms with Crippen LogP contribution in [0, 0.1) is 29.6 Å². The van der Waals surface area contributed by atoms with Crippen LogP contribution in [0.25, 0.3) is 0 Å². The van der Waals surface area contributed by atoms with Gasteiger partial charge in [0.05, 0.1) is 19.3 Å². The number of hydrogen-bond acceptors (Lipinski definition) is 4. The average Bonchev–Trinajstić information content (AvgIpc) is 3.21. The van der Waals surface area contributed by atoms with E-state index in [9.17, 15) is 14.7 Å². The van der Waals surface area contributed by atoms with Gasteiger partial charge in [-0.05, 0) is 81.5 Å². The third kappa shape index (κ3) is 4.82. The number of hydrogen-bond donors (Lipinski definition) is 2. The molecule has 5 fully saturated rings. The molecule has 7 heteroatoms. The predicted octanol–water partition coefficient (Wildman–Crippen LogP) is 4.43. The predicted molar refractivity (Wildman–Crippen MR) is 124 cm³/mol. The van der Waals surface area contributed by atoms with E-state index in [0.717, 1.165) is 24.7 Å². The van der Waals surface area contributed by atoms with Gasteiger partial charge in [-0.3, -0.25) is 4.79 Å². The number of carboxylic acids is 1. The van der Waals surface area contributed by atoms with Crippen LogP contribution in [-0.4, -0.2) is 39.4 Å². The van der Waals surface area contributed by atoms with Gasteiger partial charge in [-0.2, -0.15) is 5.10 Å². The highest BCUT2D eigenvalue weighted by atomic mass is 16.5. The normalized spacial score (nSPS) is 31.5. The summed E-state index contributed by atoms with van der Waals surface area (Å²) in [5, 5.41) is 17.0. The quantitative estimate of drug-likeness (QED) is 0.566. The minimum Gasteiger partial charge on any atom is -0.478 e. The molecule has 2 N–H and O–H groups in total. The van der Waals surface area contributed by atoms with Gasteiger partial charge in [0, 0.05) is 11.6 Å². The standard InChI is InChI=1S/C26H37N3O4/c1-16(26(31)32)7-8-29-25(33-15-17-5-3-2-4-6-17)22(14-27-29)24(30)28-23-20-10-18-9-19(12-20)13-21(23)11-18/h7,14,17-21,23H,2-6,8-13,15H2,1H3,(H,28,30)(H,31,32). The molecule has 1 amide bonds. The fraction of sp³-hybridized carbons (Fsp3) is 0.731. The van der Waals surface area contributed by atoms with Crippen LogP contribution in [0.5, 0.6) is 5.88 Å². The summed E-state index contributed by atoms with van der Waals surface area (Å²) in [5.74, 6) is 2.85. The first-order chi connectivity index (χ1) is 16.0. The highest BCUT2D eigenvalue weighted by Gasteiger charge is 2.48. The van der Waals surface area contributed by atoms with Crippen LogP contribution in [0.1, 0.15) is 81.5 Å². The number of allylic oxidation sites excluding steroid dienone is 1. The fourth-order valence-corrected chi connectivity index (χ4v) is 7.06. The van der Waals surface area contributed by atoms with Crippen LogP contribution in [-0.2, 0) is 11.3 Å². The number of carbonyl (C=O) groups excluding carboxylic acids is 1. The summed E-state index contributed by atoms with van der Waals surface area (Å²) in [6, 6.07) is 0.258. The summed E-state index contributed by atoms with van der Waals surface area (Å²) in [6.45, 7) is 2.41. The first-order valence-electron chi connectivity index (χ1n) is 12.9. The third-order valence-corrected chi connectivity index (χ3v) is 8.65. The van der Waals surface area contributed by atoms with E-state index >= 15 is 0 Å². The molecule has 0 aromatic carbocycles. The Morgan fingerprint density at radius 2 is 1.79 bits per heavy atom. The molecule has 1 aromatic rings. The second kappa shape index (κ2) is 9.51. The van der Waals surface area contributed by atoms with Crippen molar-refractivity contribution in [2.75, 3.05) is 6.61 Å². The second-order valence-corrected chi connectivity index (χ2v) is 11.0. The van der Waals surface area contributed by atoms with Crippen molar-refractivity contribution in [1.29, 1.82) is 0 Å². The minimum atomic E-state index is -0.952. The highest BCUT2D eigenvalue weighted by molar-refractivity contribution is 5.96. The van der Waals surface area contributed by atoms with Gasteiger partial charge in [-0.15, -0.1) is 0 Å². The van der Waals surface area contributed by atoms with E-state index in [-0.39, 0.29) is 24.1 Å². The summed E-state index contributed by atoms with van der Waals surface area (Å²) in [5.41, 5.74) is 0.726. The number of nitrogens with zero attached hydrogens (tertiary/aromatic N) is 2. The Morgan fingerprint density at radius 3 is 2.42 bits per heavy atom. The molecule has 180 valence electrons. The van der Waals surface area contributed by atoms with Crippen LogP contribution in [0.4, 0.5) is 0 Å². The van der Waals surface area contributed by atoms with Gasteiger partial charge in [0.15, 0.2) is 0 Å². The van der Waals surface area contributed by atoms with Crippen molar-refractivity contribution in [2.45, 2.75) is 83.7 Å². The van der Waals surface area contributed by atoms with Gasteiger partial charge in [0.25, 0.3) is 5.91 Å². The van der Waals surface area contributed by atoms with Crippen LogP contribution < -0.4 is 10.1 Å². The van der Waals surface area contributed by atoms with E-state index in [1.807, 2.05) is 0 Å². The van der Waals surface area contributed by atoms with Gasteiger partial charge in [-0.25, -0.2) is 9.48 Å².